The summed E-state index contributed by atoms with van der Waals surface area (Å²) in [6.07, 6.45) is 4.43. The van der Waals surface area contributed by atoms with Crippen molar-refractivity contribution in [3.8, 4) is 0 Å². The number of nitrogens with two attached hydrogens (primary N) is 1. The Morgan fingerprint density at radius 2 is 2.19 bits per heavy atom. The largest absolute Gasteiger partial charge is 0.351 e. The normalized spacial score (nSPS) is 27.4. The summed E-state index contributed by atoms with van der Waals surface area (Å²) in [4.78, 5) is 12.0. The Hall–Kier alpha value is -0.570. The van der Waals surface area contributed by atoms with Gasteiger partial charge in [-0.05, 0) is 24.2 Å². The van der Waals surface area contributed by atoms with Crippen molar-refractivity contribution in [3.05, 3.63) is 0 Å². The van der Waals surface area contributed by atoms with Gasteiger partial charge in [0.25, 0.3) is 0 Å². The fraction of sp³-hybridized carbons (Fsp3) is 0.923. The minimum absolute atomic E-state index is 0.0225. The van der Waals surface area contributed by atoms with Gasteiger partial charge in [0.05, 0.1) is 6.04 Å². The lowest BCUT2D eigenvalue weighted by Gasteiger charge is -2.29. The van der Waals surface area contributed by atoms with Crippen LogP contribution in [0.5, 0.6) is 0 Å². The molecule has 0 saturated heterocycles. The van der Waals surface area contributed by atoms with Crippen molar-refractivity contribution in [3.63, 3.8) is 0 Å². The maximum Gasteiger partial charge on any atom is 0.237 e. The number of hydrogen-bond acceptors (Lipinski definition) is 2. The van der Waals surface area contributed by atoms with Gasteiger partial charge in [-0.2, -0.15) is 0 Å². The second kappa shape index (κ2) is 5.17. The summed E-state index contributed by atoms with van der Waals surface area (Å²) < 4.78 is 0. The van der Waals surface area contributed by atoms with E-state index in [0.717, 1.165) is 12.8 Å². The van der Waals surface area contributed by atoms with Crippen LogP contribution in [-0.2, 0) is 4.79 Å². The Morgan fingerprint density at radius 1 is 1.56 bits per heavy atom. The predicted molar refractivity (Wildman–Crippen MR) is 67.0 cm³/mol. The highest BCUT2D eigenvalue weighted by atomic mass is 16.2. The molecule has 0 aromatic carbocycles. The second-order valence-electron chi connectivity index (χ2n) is 5.85. The molecule has 0 aromatic heterocycles. The lowest BCUT2D eigenvalue weighted by atomic mass is 9.87. The lowest BCUT2D eigenvalue weighted by Crippen LogP contribution is -2.50. The Labute approximate surface area is 99.2 Å². The summed E-state index contributed by atoms with van der Waals surface area (Å²) in [6.45, 7) is 8.54. The molecule has 3 atom stereocenters. The molecule has 0 bridgehead atoms. The summed E-state index contributed by atoms with van der Waals surface area (Å²) in [7, 11) is 0. The van der Waals surface area contributed by atoms with Crippen LogP contribution in [0.4, 0.5) is 0 Å². The predicted octanol–water partition coefficient (Wildman–Crippen LogP) is 2.05. The molecule has 3 N–H and O–H groups in total. The zero-order valence-electron chi connectivity index (χ0n) is 11.0. The minimum atomic E-state index is -0.360. The number of amides is 1. The van der Waals surface area contributed by atoms with Gasteiger partial charge in [-0.3, -0.25) is 4.79 Å². The van der Waals surface area contributed by atoms with Gasteiger partial charge in [-0.1, -0.05) is 40.5 Å². The van der Waals surface area contributed by atoms with Crippen molar-refractivity contribution in [1.29, 1.82) is 0 Å². The zero-order chi connectivity index (χ0) is 12.3. The standard InChI is InChI=1S/C13H26N2O/c1-5-9(2)11(14)12(16)15-10-7-6-8-13(10,3)4/h9-11H,5-8,14H2,1-4H3,(H,15,16)/t9-,10?,11-/m0/s1. The lowest BCUT2D eigenvalue weighted by molar-refractivity contribution is -0.124. The van der Waals surface area contributed by atoms with Crippen LogP contribution in [0.25, 0.3) is 0 Å². The molecule has 1 saturated carbocycles. The Kier molecular flexibility index (Phi) is 4.36. The number of rotatable bonds is 4. The molecule has 0 spiro atoms. The Balaban J connectivity index is 2.51. The van der Waals surface area contributed by atoms with Crippen LogP contribution in [0.15, 0.2) is 0 Å². The quantitative estimate of drug-likeness (QED) is 0.771. The summed E-state index contributed by atoms with van der Waals surface area (Å²) in [5, 5.41) is 3.12. The van der Waals surface area contributed by atoms with Gasteiger partial charge in [0, 0.05) is 6.04 Å². The molecule has 1 aliphatic carbocycles. The van der Waals surface area contributed by atoms with Crippen molar-refractivity contribution >= 4 is 5.91 Å². The van der Waals surface area contributed by atoms with Crippen LogP contribution in [-0.4, -0.2) is 18.0 Å². The van der Waals surface area contributed by atoms with E-state index in [1.165, 1.54) is 12.8 Å². The fourth-order valence-electron chi connectivity index (χ4n) is 2.37. The molecule has 1 amide bonds. The van der Waals surface area contributed by atoms with Crippen LogP contribution in [0.3, 0.4) is 0 Å². The van der Waals surface area contributed by atoms with E-state index in [1.54, 1.807) is 0 Å². The van der Waals surface area contributed by atoms with Gasteiger partial charge in [-0.15, -0.1) is 0 Å². The van der Waals surface area contributed by atoms with Crippen LogP contribution in [0, 0.1) is 11.3 Å². The van der Waals surface area contributed by atoms with Gasteiger partial charge in [0.1, 0.15) is 0 Å². The highest BCUT2D eigenvalue weighted by Crippen LogP contribution is 2.37. The summed E-state index contributed by atoms with van der Waals surface area (Å²) >= 11 is 0. The SMILES string of the molecule is CC[C@H](C)[C@H](N)C(=O)NC1CCCC1(C)C. The first-order valence-electron chi connectivity index (χ1n) is 6.44. The first kappa shape index (κ1) is 13.5. The molecule has 0 aliphatic heterocycles. The van der Waals surface area contributed by atoms with Crippen LogP contribution >= 0.6 is 0 Å². The van der Waals surface area contributed by atoms with Crippen LogP contribution < -0.4 is 11.1 Å². The molecule has 1 rings (SSSR count). The van der Waals surface area contributed by atoms with Crippen molar-refractivity contribution in [2.45, 2.75) is 65.5 Å². The number of hydrogen-bond donors (Lipinski definition) is 2. The van der Waals surface area contributed by atoms with Crippen LogP contribution in [0.1, 0.15) is 53.4 Å². The van der Waals surface area contributed by atoms with E-state index < -0.39 is 0 Å². The van der Waals surface area contributed by atoms with E-state index in [0.29, 0.717) is 6.04 Å². The molecule has 1 unspecified atom stereocenters. The summed E-state index contributed by atoms with van der Waals surface area (Å²) in [6, 6.07) is -0.0588. The third-order valence-corrected chi connectivity index (χ3v) is 4.13. The molecule has 0 heterocycles. The molecule has 1 aliphatic rings. The molecular formula is C13H26N2O. The molecule has 16 heavy (non-hydrogen) atoms. The molecule has 3 heteroatoms. The monoisotopic (exact) mass is 226 g/mol. The number of carbonyl (C=O) groups is 1. The van der Waals surface area contributed by atoms with Crippen LogP contribution in [0.2, 0.25) is 0 Å². The number of carbonyl (C=O) groups excluding carboxylic acids is 1. The highest BCUT2D eigenvalue weighted by molar-refractivity contribution is 5.82. The molecule has 0 aromatic rings. The van der Waals surface area contributed by atoms with Crippen molar-refractivity contribution in [1.82, 2.24) is 5.32 Å². The average Bonchev–Trinajstić information content (AvgIpc) is 2.56. The van der Waals surface area contributed by atoms with Gasteiger partial charge in [-0.25, -0.2) is 0 Å². The highest BCUT2D eigenvalue weighted by Gasteiger charge is 2.36. The third kappa shape index (κ3) is 2.97. The molecule has 1 fully saturated rings. The first-order chi connectivity index (χ1) is 7.38. The van der Waals surface area contributed by atoms with Gasteiger partial charge in [0.2, 0.25) is 5.91 Å². The van der Waals surface area contributed by atoms with E-state index in [1.807, 2.05) is 6.92 Å². The zero-order valence-corrected chi connectivity index (χ0v) is 11.0. The molecule has 94 valence electrons. The van der Waals surface area contributed by atoms with E-state index >= 15 is 0 Å². The maximum absolute atomic E-state index is 12.0. The van der Waals surface area contributed by atoms with E-state index in [4.69, 9.17) is 5.73 Å². The maximum atomic E-state index is 12.0. The fourth-order valence-corrected chi connectivity index (χ4v) is 2.37. The summed E-state index contributed by atoms with van der Waals surface area (Å²) in [5.41, 5.74) is 6.15. The van der Waals surface area contributed by atoms with Crippen molar-refractivity contribution in [2.75, 3.05) is 0 Å². The molecule has 0 radical (unpaired) electrons. The minimum Gasteiger partial charge on any atom is -0.351 e. The topological polar surface area (TPSA) is 55.1 Å². The first-order valence-corrected chi connectivity index (χ1v) is 6.44. The van der Waals surface area contributed by atoms with Gasteiger partial charge >= 0.3 is 0 Å². The van der Waals surface area contributed by atoms with E-state index in [2.05, 4.69) is 26.1 Å². The Bertz CT molecular complexity index is 250. The van der Waals surface area contributed by atoms with E-state index in [9.17, 15) is 4.79 Å². The number of nitrogens with one attached hydrogen (secondary N) is 1. The van der Waals surface area contributed by atoms with E-state index in [-0.39, 0.29) is 23.3 Å². The average molecular weight is 226 g/mol. The van der Waals surface area contributed by atoms with Crippen molar-refractivity contribution < 1.29 is 4.79 Å². The molecule has 3 nitrogen and oxygen atoms in total. The third-order valence-electron chi connectivity index (χ3n) is 4.13. The molecular weight excluding hydrogens is 200 g/mol. The van der Waals surface area contributed by atoms with Gasteiger partial charge < -0.3 is 11.1 Å². The van der Waals surface area contributed by atoms with Gasteiger partial charge in [0.15, 0.2) is 0 Å². The van der Waals surface area contributed by atoms with Crippen molar-refractivity contribution in [2.24, 2.45) is 17.1 Å². The smallest absolute Gasteiger partial charge is 0.237 e. The second-order valence-corrected chi connectivity index (χ2v) is 5.85. The summed E-state index contributed by atoms with van der Waals surface area (Å²) in [5.74, 6) is 0.277. The Morgan fingerprint density at radius 3 is 2.62 bits per heavy atom.